The van der Waals surface area contributed by atoms with Crippen LogP contribution in [-0.2, 0) is 12.8 Å². The summed E-state index contributed by atoms with van der Waals surface area (Å²) < 4.78 is 0. The van der Waals surface area contributed by atoms with Crippen molar-refractivity contribution >= 4 is 11.4 Å². The van der Waals surface area contributed by atoms with Crippen LogP contribution in [0, 0.1) is 5.41 Å². The van der Waals surface area contributed by atoms with Crippen LogP contribution in [-0.4, -0.2) is 23.1 Å². The minimum Gasteiger partial charge on any atom is -0.355 e. The Hall–Kier alpha value is -2.94. The van der Waals surface area contributed by atoms with Crippen LogP contribution in [0.4, 0.5) is 5.82 Å². The first kappa shape index (κ1) is 17.2. The van der Waals surface area contributed by atoms with Gasteiger partial charge in [-0.2, -0.15) is 0 Å². The minimum atomic E-state index is 0.454. The Balaban J connectivity index is 1.26. The zero-order valence-corrected chi connectivity index (χ0v) is 16.1. The fourth-order valence-electron chi connectivity index (χ4n) is 4.76. The molecule has 1 aliphatic heterocycles. The first-order valence-corrected chi connectivity index (χ1v) is 10.1. The molecule has 0 N–H and O–H groups in total. The van der Waals surface area contributed by atoms with Crippen molar-refractivity contribution in [3.8, 4) is 0 Å². The van der Waals surface area contributed by atoms with Gasteiger partial charge in [0.1, 0.15) is 5.82 Å². The Bertz CT molecular complexity index is 957. The molecule has 1 saturated heterocycles. The van der Waals surface area contributed by atoms with Crippen molar-refractivity contribution in [2.75, 3.05) is 18.0 Å². The summed E-state index contributed by atoms with van der Waals surface area (Å²) in [6.07, 6.45) is 8.69. The van der Waals surface area contributed by atoms with E-state index in [0.717, 1.165) is 35.7 Å². The second-order valence-electron chi connectivity index (χ2n) is 8.21. The van der Waals surface area contributed by atoms with Crippen molar-refractivity contribution in [1.29, 1.82) is 0 Å². The monoisotopic (exact) mass is 367 g/mol. The first-order valence-electron chi connectivity index (χ1n) is 10.1. The molecule has 0 radical (unpaired) electrons. The molecule has 2 heterocycles. The van der Waals surface area contributed by atoms with Gasteiger partial charge in [0.15, 0.2) is 0 Å². The molecule has 1 aliphatic carbocycles. The lowest BCUT2D eigenvalue weighted by molar-refractivity contribution is 0.232. The van der Waals surface area contributed by atoms with Crippen molar-refractivity contribution in [1.82, 2.24) is 9.97 Å². The third-order valence-electron chi connectivity index (χ3n) is 6.47. The zero-order chi connectivity index (χ0) is 19.0. The maximum absolute atomic E-state index is 4.71. The number of nitrogens with zero attached hydrogens (tertiary/aromatic N) is 3. The van der Waals surface area contributed by atoms with Crippen LogP contribution >= 0.6 is 0 Å². The lowest BCUT2D eigenvalue weighted by Gasteiger charge is -2.39. The molecule has 5 rings (SSSR count). The van der Waals surface area contributed by atoms with Crippen LogP contribution in [0.5, 0.6) is 0 Å². The Morgan fingerprint density at radius 1 is 0.821 bits per heavy atom. The van der Waals surface area contributed by atoms with E-state index in [1.54, 1.807) is 11.1 Å². The highest BCUT2D eigenvalue weighted by Crippen LogP contribution is 2.44. The fourth-order valence-corrected chi connectivity index (χ4v) is 4.76. The molecule has 0 saturated carbocycles. The van der Waals surface area contributed by atoms with E-state index in [1.165, 1.54) is 25.7 Å². The predicted octanol–water partition coefficient (Wildman–Crippen LogP) is 4.92. The molecule has 2 aromatic carbocycles. The van der Waals surface area contributed by atoms with E-state index in [0.29, 0.717) is 5.41 Å². The minimum absolute atomic E-state index is 0.454. The highest BCUT2D eigenvalue weighted by molar-refractivity contribution is 5.75. The Morgan fingerprint density at radius 2 is 1.46 bits per heavy atom. The quantitative estimate of drug-likeness (QED) is 0.658. The third-order valence-corrected chi connectivity index (χ3v) is 6.47. The van der Waals surface area contributed by atoms with E-state index in [9.17, 15) is 0 Å². The average Bonchev–Trinajstić information content (AvgIpc) is 3.12. The van der Waals surface area contributed by atoms with Gasteiger partial charge in [0.2, 0.25) is 0 Å². The molecule has 3 heteroatoms. The van der Waals surface area contributed by atoms with E-state index < -0.39 is 0 Å². The van der Waals surface area contributed by atoms with Crippen molar-refractivity contribution in [2.24, 2.45) is 5.41 Å². The summed E-state index contributed by atoms with van der Waals surface area (Å²) in [7, 11) is 0. The molecule has 3 nitrogen and oxygen atoms in total. The van der Waals surface area contributed by atoms with Gasteiger partial charge in [-0.3, -0.25) is 4.98 Å². The molecule has 1 aromatic heterocycles. The van der Waals surface area contributed by atoms with Gasteiger partial charge in [-0.15, -0.1) is 0 Å². The number of rotatable bonds is 3. The molecular weight excluding hydrogens is 342 g/mol. The Labute approximate surface area is 166 Å². The van der Waals surface area contributed by atoms with Crippen molar-refractivity contribution < 1.29 is 0 Å². The van der Waals surface area contributed by atoms with Gasteiger partial charge in [0.25, 0.3) is 0 Å². The Morgan fingerprint density at radius 3 is 2.07 bits per heavy atom. The molecule has 3 aromatic rings. The largest absolute Gasteiger partial charge is 0.355 e. The molecule has 1 spiro atoms. The van der Waals surface area contributed by atoms with Crippen LogP contribution < -0.4 is 4.90 Å². The van der Waals surface area contributed by atoms with Gasteiger partial charge in [-0.1, -0.05) is 61.2 Å². The number of piperidine rings is 1. The number of fused-ring (bicyclic) bond motifs is 1. The average molecular weight is 367 g/mol. The summed E-state index contributed by atoms with van der Waals surface area (Å²) in [5.74, 6) is 0.981. The summed E-state index contributed by atoms with van der Waals surface area (Å²) >= 11 is 0. The highest BCUT2D eigenvalue weighted by atomic mass is 15.2. The van der Waals surface area contributed by atoms with Crippen molar-refractivity contribution in [3.63, 3.8) is 0 Å². The van der Waals surface area contributed by atoms with Crippen LogP contribution in [0.15, 0.2) is 73.6 Å². The SMILES string of the molecule is C=C(c1ccccc1)c1cnc(N2CCC3(CC2)Cc2ccccc2C3)cn1. The third kappa shape index (κ3) is 3.11. The van der Waals surface area contributed by atoms with Crippen molar-refractivity contribution in [3.05, 3.63) is 96.0 Å². The summed E-state index contributed by atoms with van der Waals surface area (Å²) in [4.78, 5) is 11.7. The van der Waals surface area contributed by atoms with Crippen LogP contribution in [0.2, 0.25) is 0 Å². The molecule has 0 unspecified atom stereocenters. The summed E-state index contributed by atoms with van der Waals surface area (Å²) in [5.41, 5.74) is 6.41. The van der Waals surface area contributed by atoms with E-state index in [1.807, 2.05) is 30.6 Å². The van der Waals surface area contributed by atoms with E-state index in [2.05, 4.69) is 52.9 Å². The Kier molecular flexibility index (Phi) is 4.23. The second kappa shape index (κ2) is 6.90. The van der Waals surface area contributed by atoms with Gasteiger partial charge < -0.3 is 4.90 Å². The lowest BCUT2D eigenvalue weighted by atomic mass is 9.76. The topological polar surface area (TPSA) is 29.0 Å². The van der Waals surface area contributed by atoms with Crippen molar-refractivity contribution in [2.45, 2.75) is 25.7 Å². The number of anilines is 1. The van der Waals surface area contributed by atoms with Gasteiger partial charge >= 0.3 is 0 Å². The predicted molar refractivity (Wildman–Crippen MR) is 114 cm³/mol. The summed E-state index contributed by atoms with van der Waals surface area (Å²) in [5, 5.41) is 0. The maximum atomic E-state index is 4.71. The number of benzene rings is 2. The van der Waals surface area contributed by atoms with Gasteiger partial charge in [0.05, 0.1) is 18.1 Å². The molecular formula is C25H25N3. The first-order chi connectivity index (χ1) is 13.7. The van der Waals surface area contributed by atoms with Gasteiger partial charge in [-0.25, -0.2) is 4.98 Å². The molecule has 1 fully saturated rings. The molecule has 28 heavy (non-hydrogen) atoms. The van der Waals surface area contributed by atoms with Crippen LogP contribution in [0.3, 0.4) is 0 Å². The molecule has 2 aliphatic rings. The van der Waals surface area contributed by atoms with Gasteiger partial charge in [-0.05, 0) is 47.8 Å². The lowest BCUT2D eigenvalue weighted by Crippen LogP contribution is -2.41. The summed E-state index contributed by atoms with van der Waals surface area (Å²) in [6.45, 7) is 6.30. The molecule has 140 valence electrons. The number of aromatic nitrogens is 2. The van der Waals surface area contributed by atoms with E-state index >= 15 is 0 Å². The molecule has 0 atom stereocenters. The zero-order valence-electron chi connectivity index (χ0n) is 16.1. The van der Waals surface area contributed by atoms with E-state index in [4.69, 9.17) is 4.98 Å². The number of hydrogen-bond donors (Lipinski definition) is 0. The smallest absolute Gasteiger partial charge is 0.147 e. The van der Waals surface area contributed by atoms with Crippen LogP contribution in [0.1, 0.15) is 35.2 Å². The highest BCUT2D eigenvalue weighted by Gasteiger charge is 2.39. The normalized spacial score (nSPS) is 17.5. The van der Waals surface area contributed by atoms with Gasteiger partial charge in [0, 0.05) is 18.7 Å². The van der Waals surface area contributed by atoms with Crippen LogP contribution in [0.25, 0.3) is 5.57 Å². The molecule has 0 bridgehead atoms. The fraction of sp³-hybridized carbons (Fsp3) is 0.280. The second-order valence-corrected chi connectivity index (χ2v) is 8.21. The summed E-state index contributed by atoms with van der Waals surface area (Å²) in [6, 6.07) is 19.1. The van der Waals surface area contributed by atoms with E-state index in [-0.39, 0.29) is 0 Å². The number of hydrogen-bond acceptors (Lipinski definition) is 3. The maximum Gasteiger partial charge on any atom is 0.147 e. The molecule has 0 amide bonds. The standard InChI is InChI=1S/C25H25N3/c1-19(20-7-3-2-4-8-20)23-17-27-24(18-26-23)28-13-11-25(12-14-28)15-21-9-5-6-10-22(21)16-25/h2-10,17-18H,1,11-16H2.